The van der Waals surface area contributed by atoms with Crippen molar-refractivity contribution in [2.45, 2.75) is 63.4 Å². The van der Waals surface area contributed by atoms with E-state index in [0.717, 1.165) is 28.1 Å². The molecule has 2 aromatic rings. The molecule has 1 saturated carbocycles. The van der Waals surface area contributed by atoms with Crippen molar-refractivity contribution in [2.75, 3.05) is 20.2 Å². The molecule has 34 heavy (non-hydrogen) atoms. The zero-order chi connectivity index (χ0) is 24.0. The average molecular weight is 504 g/mol. The van der Waals surface area contributed by atoms with Crippen LogP contribution in [-0.2, 0) is 16.8 Å². The highest BCUT2D eigenvalue weighted by Gasteiger charge is 2.62. The number of hydrogen-bond donors (Lipinski definition) is 2. The van der Waals surface area contributed by atoms with Gasteiger partial charge in [0.1, 0.15) is 12.2 Å². The van der Waals surface area contributed by atoms with Gasteiger partial charge >= 0.3 is 0 Å². The maximum atomic E-state index is 10.5. The zero-order valence-corrected chi connectivity index (χ0v) is 21.6. The quantitative estimate of drug-likeness (QED) is 0.554. The third-order valence-electron chi connectivity index (χ3n) is 8.12. The number of likely N-dealkylation sites (tertiary alicyclic amines) is 1. The molecule has 1 saturated heterocycles. The van der Waals surface area contributed by atoms with Crippen molar-refractivity contribution >= 4 is 22.9 Å². The number of phenols is 1. The number of methoxy groups -OCH3 is 1. The lowest BCUT2D eigenvalue weighted by molar-refractivity contribution is -0.0564. The van der Waals surface area contributed by atoms with Crippen molar-refractivity contribution in [3.8, 4) is 11.5 Å². The van der Waals surface area contributed by atoms with Crippen LogP contribution in [0, 0.1) is 18.8 Å². The first-order valence-corrected chi connectivity index (χ1v) is 13.4. The predicted octanol–water partition coefficient (Wildman–Crippen LogP) is 5.30. The normalized spacial score (nSPS) is 31.7. The molecule has 4 unspecified atom stereocenters. The van der Waals surface area contributed by atoms with Crippen molar-refractivity contribution in [1.29, 1.82) is 0 Å². The summed E-state index contributed by atoms with van der Waals surface area (Å²) in [5.41, 5.74) is 2.34. The Labute approximate surface area is 211 Å². The molecular formula is C27H34ClNO4S. The van der Waals surface area contributed by atoms with E-state index in [4.69, 9.17) is 26.2 Å². The number of benzene rings is 1. The first-order chi connectivity index (χ1) is 16.4. The lowest BCUT2D eigenvalue weighted by Gasteiger charge is -2.54. The van der Waals surface area contributed by atoms with Gasteiger partial charge in [-0.25, -0.2) is 0 Å². The van der Waals surface area contributed by atoms with Gasteiger partial charge in [0, 0.05) is 41.5 Å². The molecule has 5 nitrogen and oxygen atoms in total. The van der Waals surface area contributed by atoms with E-state index in [1.807, 2.05) is 12.1 Å². The summed E-state index contributed by atoms with van der Waals surface area (Å²) in [5, 5.41) is 19.0. The van der Waals surface area contributed by atoms with Crippen molar-refractivity contribution in [3.05, 3.63) is 56.8 Å². The summed E-state index contributed by atoms with van der Waals surface area (Å²) in [7, 11) is 1.76. The molecule has 1 spiro atoms. The van der Waals surface area contributed by atoms with Crippen molar-refractivity contribution in [1.82, 2.24) is 4.90 Å². The minimum Gasteiger partial charge on any atom is -0.504 e. The average Bonchev–Trinajstić information content (AvgIpc) is 3.44. The van der Waals surface area contributed by atoms with Gasteiger partial charge in [0.15, 0.2) is 11.5 Å². The smallest absolute Gasteiger partial charge is 0.165 e. The summed E-state index contributed by atoms with van der Waals surface area (Å²) >= 11 is 6.95. The Hall–Kier alpha value is -1.57. The van der Waals surface area contributed by atoms with Gasteiger partial charge in [-0.05, 0) is 69.3 Å². The maximum absolute atomic E-state index is 10.5. The van der Waals surface area contributed by atoms with E-state index in [1.54, 1.807) is 19.2 Å². The fourth-order valence-corrected chi connectivity index (χ4v) is 7.22. The Bertz CT molecular complexity index is 1070. The van der Waals surface area contributed by atoms with E-state index in [1.165, 1.54) is 41.9 Å². The number of aliphatic hydroxyl groups excluding tert-OH is 1. The highest BCUT2D eigenvalue weighted by Crippen LogP contribution is 2.60. The second-order valence-corrected chi connectivity index (χ2v) is 11.9. The highest BCUT2D eigenvalue weighted by molar-refractivity contribution is 7.16. The van der Waals surface area contributed by atoms with Gasteiger partial charge in [0.2, 0.25) is 0 Å². The number of thiophene rings is 1. The van der Waals surface area contributed by atoms with Crippen LogP contribution < -0.4 is 4.74 Å². The second-order valence-electron chi connectivity index (χ2n) is 10.1. The summed E-state index contributed by atoms with van der Waals surface area (Å²) in [5.74, 6) is 2.23. The second kappa shape index (κ2) is 9.47. The molecule has 0 amide bonds. The van der Waals surface area contributed by atoms with E-state index in [2.05, 4.69) is 30.9 Å². The number of piperidine rings is 1. The lowest BCUT2D eigenvalue weighted by atomic mass is 9.57. The molecule has 4 aliphatic rings. The fraction of sp³-hybridized carbons (Fsp3) is 0.556. The molecule has 5 atom stereocenters. The minimum absolute atomic E-state index is 0.0602. The van der Waals surface area contributed by atoms with Crippen LogP contribution in [0.25, 0.3) is 0 Å². The molecule has 2 aliphatic carbocycles. The van der Waals surface area contributed by atoms with Crippen LogP contribution in [0.1, 0.15) is 42.2 Å². The number of hydrogen-bond acceptors (Lipinski definition) is 6. The predicted molar refractivity (Wildman–Crippen MR) is 136 cm³/mol. The van der Waals surface area contributed by atoms with Gasteiger partial charge < -0.3 is 19.7 Å². The van der Waals surface area contributed by atoms with E-state index < -0.39 is 0 Å². The number of ether oxygens (including phenoxy) is 2. The number of halogens is 1. The first-order valence-electron chi connectivity index (χ1n) is 12.2. The molecule has 2 aliphatic heterocycles. The number of aliphatic hydroxyl groups is 1. The molecule has 1 aromatic heterocycles. The van der Waals surface area contributed by atoms with Gasteiger partial charge in [-0.1, -0.05) is 29.8 Å². The first kappa shape index (κ1) is 24.1. The Morgan fingerprint density at radius 2 is 2.03 bits per heavy atom. The van der Waals surface area contributed by atoms with Crippen molar-refractivity contribution in [3.63, 3.8) is 0 Å². The van der Waals surface area contributed by atoms with E-state index in [9.17, 15) is 5.11 Å². The standard InChI is InChI=1S/C22H29NO3.C5H5ClOS/c1-13-4-8-17(24)20-19(13)22-10-11-23(12-15-5-6-15)14(2)16(22)7-9-18(25-3)21(22)26-20;6-5-2-1-4(3-7)8-5/h4,7-9,14-16,18,21,24H,5-6,10-12H2,1-3H3;1-2,7H,3H2/t14?,16?,18?,21-,22?;/m0./s1. The van der Waals surface area contributed by atoms with Crippen LogP contribution in [0.5, 0.6) is 11.5 Å². The van der Waals surface area contributed by atoms with Gasteiger partial charge in [-0.2, -0.15) is 0 Å². The van der Waals surface area contributed by atoms with Crippen molar-refractivity contribution < 1.29 is 19.7 Å². The summed E-state index contributed by atoms with van der Waals surface area (Å²) in [6.07, 6.45) is 8.26. The van der Waals surface area contributed by atoms with Gasteiger partial charge in [-0.15, -0.1) is 11.3 Å². The van der Waals surface area contributed by atoms with Crippen LogP contribution in [0.15, 0.2) is 36.4 Å². The van der Waals surface area contributed by atoms with Crippen LogP contribution in [0.3, 0.4) is 0 Å². The van der Waals surface area contributed by atoms with E-state index in [-0.39, 0.29) is 30.0 Å². The van der Waals surface area contributed by atoms with Crippen LogP contribution in [0.2, 0.25) is 4.34 Å². The Balaban J connectivity index is 0.000000257. The van der Waals surface area contributed by atoms with Crippen LogP contribution in [-0.4, -0.2) is 53.6 Å². The molecule has 1 aromatic carbocycles. The Morgan fingerprint density at radius 1 is 1.24 bits per heavy atom. The number of rotatable bonds is 4. The molecule has 3 heterocycles. The summed E-state index contributed by atoms with van der Waals surface area (Å²) < 4.78 is 12.9. The lowest BCUT2D eigenvalue weighted by Crippen LogP contribution is -2.62. The molecule has 184 valence electrons. The highest BCUT2D eigenvalue weighted by atomic mass is 35.5. The summed E-state index contributed by atoms with van der Waals surface area (Å²) in [6, 6.07) is 7.85. The Morgan fingerprint density at radius 3 is 2.65 bits per heavy atom. The maximum Gasteiger partial charge on any atom is 0.165 e. The van der Waals surface area contributed by atoms with Gasteiger partial charge in [0.25, 0.3) is 0 Å². The Kier molecular flexibility index (Phi) is 6.73. The van der Waals surface area contributed by atoms with Crippen molar-refractivity contribution in [2.24, 2.45) is 11.8 Å². The van der Waals surface area contributed by atoms with Crippen LogP contribution in [0.4, 0.5) is 0 Å². The fourth-order valence-electron chi connectivity index (χ4n) is 6.27. The molecular weight excluding hydrogens is 470 g/mol. The monoisotopic (exact) mass is 503 g/mol. The topological polar surface area (TPSA) is 62.2 Å². The number of aromatic hydroxyl groups is 1. The number of aryl methyl sites for hydroxylation is 1. The number of phenolic OH excluding ortho intramolecular Hbond substituents is 1. The van der Waals surface area contributed by atoms with Gasteiger partial charge in [0.05, 0.1) is 10.9 Å². The third-order valence-corrected chi connectivity index (χ3v) is 9.34. The summed E-state index contributed by atoms with van der Waals surface area (Å²) in [4.78, 5) is 3.59. The van der Waals surface area contributed by atoms with E-state index in [0.29, 0.717) is 17.7 Å². The minimum atomic E-state index is -0.104. The van der Waals surface area contributed by atoms with E-state index >= 15 is 0 Å². The van der Waals surface area contributed by atoms with Gasteiger partial charge in [-0.3, -0.25) is 4.90 Å². The summed E-state index contributed by atoms with van der Waals surface area (Å²) in [6.45, 7) is 6.94. The molecule has 0 bridgehead atoms. The molecule has 0 radical (unpaired) electrons. The number of fused-ring (bicyclic) bond motifs is 1. The molecule has 2 fully saturated rings. The largest absolute Gasteiger partial charge is 0.504 e. The zero-order valence-electron chi connectivity index (χ0n) is 20.0. The molecule has 2 N–H and O–H groups in total. The third kappa shape index (κ3) is 4.07. The SMILES string of the molecule is COC1C=CC2C(C)N(CC3CC3)CCC23c2c(C)ccc(O)c2O[C@@H]13.OCc1ccc(Cl)s1. The van der Waals surface area contributed by atoms with Crippen LogP contribution >= 0.6 is 22.9 Å². The number of nitrogens with zero attached hydrogens (tertiary/aromatic N) is 1. The molecule has 7 heteroatoms. The molecule has 6 rings (SSSR count).